The molecule has 0 aromatic carbocycles. The van der Waals surface area contributed by atoms with Crippen molar-refractivity contribution in [3.63, 3.8) is 0 Å². The van der Waals surface area contributed by atoms with E-state index in [4.69, 9.17) is 0 Å². The highest BCUT2D eigenvalue weighted by Crippen LogP contribution is 2.16. The van der Waals surface area contributed by atoms with Crippen LogP contribution >= 0.6 is 0 Å². The second-order valence-electron chi connectivity index (χ2n) is 3.25. The molecule has 1 aromatic rings. The SMILES string of the molecule is C=C/C(=C\c1c(C=C)ccn1C)CC.CC.CC. The maximum atomic E-state index is 3.80. The van der Waals surface area contributed by atoms with Crippen LogP contribution in [0.25, 0.3) is 12.2 Å². The zero-order chi connectivity index (χ0) is 14.6. The van der Waals surface area contributed by atoms with Crippen molar-refractivity contribution in [2.24, 2.45) is 7.05 Å². The lowest BCUT2D eigenvalue weighted by atomic mass is 10.1. The third-order valence-electron chi connectivity index (χ3n) is 2.37. The molecule has 0 aliphatic heterocycles. The average Bonchev–Trinajstić information content (AvgIpc) is 2.81. The van der Waals surface area contributed by atoms with Gasteiger partial charge >= 0.3 is 0 Å². The van der Waals surface area contributed by atoms with Gasteiger partial charge in [0.15, 0.2) is 0 Å². The van der Waals surface area contributed by atoms with Gasteiger partial charge in [-0.25, -0.2) is 0 Å². The fourth-order valence-corrected chi connectivity index (χ4v) is 1.40. The molecule has 0 saturated heterocycles. The molecule has 0 spiro atoms. The van der Waals surface area contributed by atoms with Gasteiger partial charge in [0, 0.05) is 18.9 Å². The lowest BCUT2D eigenvalue weighted by Gasteiger charge is -2.02. The number of aryl methyl sites for hydroxylation is 1. The van der Waals surface area contributed by atoms with Crippen LogP contribution in [0.2, 0.25) is 0 Å². The summed E-state index contributed by atoms with van der Waals surface area (Å²) in [7, 11) is 2.04. The number of nitrogens with zero attached hydrogens (tertiary/aromatic N) is 1. The van der Waals surface area contributed by atoms with Crippen LogP contribution in [0, 0.1) is 0 Å². The first kappa shape index (κ1) is 18.9. The molecule has 1 aromatic heterocycles. The molecule has 1 rings (SSSR count). The Kier molecular flexibility index (Phi) is 12.5. The number of allylic oxidation sites excluding steroid dienone is 2. The molecule has 102 valence electrons. The number of rotatable bonds is 4. The smallest absolute Gasteiger partial charge is 0.0480 e. The van der Waals surface area contributed by atoms with Crippen LogP contribution in [0.15, 0.2) is 37.1 Å². The molecule has 0 unspecified atom stereocenters. The first-order valence-electron chi connectivity index (χ1n) is 6.83. The van der Waals surface area contributed by atoms with Crippen molar-refractivity contribution in [1.29, 1.82) is 0 Å². The Morgan fingerprint density at radius 2 is 1.78 bits per heavy atom. The van der Waals surface area contributed by atoms with E-state index in [1.165, 1.54) is 16.8 Å². The van der Waals surface area contributed by atoms with Crippen LogP contribution < -0.4 is 0 Å². The topological polar surface area (TPSA) is 4.93 Å². The van der Waals surface area contributed by atoms with Gasteiger partial charge in [0.25, 0.3) is 0 Å². The van der Waals surface area contributed by atoms with Crippen LogP contribution in [-0.2, 0) is 7.05 Å². The first-order valence-corrected chi connectivity index (χ1v) is 6.83. The van der Waals surface area contributed by atoms with E-state index in [0.717, 1.165) is 6.42 Å². The number of hydrogen-bond acceptors (Lipinski definition) is 0. The van der Waals surface area contributed by atoms with Gasteiger partial charge < -0.3 is 4.57 Å². The lowest BCUT2D eigenvalue weighted by Crippen LogP contribution is -1.90. The third kappa shape index (κ3) is 5.72. The molecule has 0 atom stereocenters. The normalized spacial score (nSPS) is 9.56. The third-order valence-corrected chi connectivity index (χ3v) is 2.37. The number of aromatic nitrogens is 1. The van der Waals surface area contributed by atoms with Crippen LogP contribution in [0.3, 0.4) is 0 Å². The molecule has 0 N–H and O–H groups in total. The predicted molar refractivity (Wildman–Crippen MR) is 86.7 cm³/mol. The van der Waals surface area contributed by atoms with Gasteiger partial charge in [-0.2, -0.15) is 0 Å². The summed E-state index contributed by atoms with van der Waals surface area (Å²) in [5.41, 5.74) is 3.60. The van der Waals surface area contributed by atoms with Crippen molar-refractivity contribution in [1.82, 2.24) is 4.57 Å². The van der Waals surface area contributed by atoms with E-state index in [-0.39, 0.29) is 0 Å². The fraction of sp³-hybridized carbons (Fsp3) is 0.412. The van der Waals surface area contributed by atoms with Crippen molar-refractivity contribution in [2.45, 2.75) is 41.0 Å². The molecule has 0 radical (unpaired) electrons. The highest BCUT2D eigenvalue weighted by molar-refractivity contribution is 5.65. The highest BCUT2D eigenvalue weighted by Gasteiger charge is 2.00. The van der Waals surface area contributed by atoms with Crippen LogP contribution in [0.5, 0.6) is 0 Å². The Morgan fingerprint density at radius 3 is 2.17 bits per heavy atom. The van der Waals surface area contributed by atoms with Crippen molar-refractivity contribution in [3.8, 4) is 0 Å². The molecule has 0 aliphatic rings. The van der Waals surface area contributed by atoms with E-state index in [0.29, 0.717) is 0 Å². The summed E-state index contributed by atoms with van der Waals surface area (Å²) >= 11 is 0. The van der Waals surface area contributed by atoms with Gasteiger partial charge in [-0.15, -0.1) is 0 Å². The standard InChI is InChI=1S/C13H17N.2C2H6/c1-5-11(6-2)10-13-12(7-3)8-9-14(13)4;2*1-2/h5,7-10H,1,3,6H2,2,4H3;2*1-2H3/b11-10+;;. The van der Waals surface area contributed by atoms with Gasteiger partial charge in [0.05, 0.1) is 0 Å². The van der Waals surface area contributed by atoms with Crippen molar-refractivity contribution in [2.75, 3.05) is 0 Å². The van der Waals surface area contributed by atoms with Gasteiger partial charge in [0.2, 0.25) is 0 Å². The molecule has 0 aliphatic carbocycles. The molecule has 0 fully saturated rings. The quantitative estimate of drug-likeness (QED) is 0.601. The Morgan fingerprint density at radius 1 is 1.22 bits per heavy atom. The van der Waals surface area contributed by atoms with Gasteiger partial charge in [-0.3, -0.25) is 0 Å². The molecular formula is C17H29N. The first-order chi connectivity index (χ1) is 8.72. The monoisotopic (exact) mass is 247 g/mol. The highest BCUT2D eigenvalue weighted by atomic mass is 14.9. The van der Waals surface area contributed by atoms with E-state index < -0.39 is 0 Å². The Hall–Kier alpha value is -1.50. The van der Waals surface area contributed by atoms with E-state index in [2.05, 4.69) is 36.8 Å². The largest absolute Gasteiger partial charge is 0.351 e. The molecule has 1 heteroatoms. The van der Waals surface area contributed by atoms with E-state index in [1.807, 2.05) is 53.1 Å². The Labute approximate surface area is 114 Å². The minimum Gasteiger partial charge on any atom is -0.351 e. The Bertz CT molecular complexity index is 367. The summed E-state index contributed by atoms with van der Waals surface area (Å²) in [5, 5.41) is 0. The molecule has 0 bridgehead atoms. The summed E-state index contributed by atoms with van der Waals surface area (Å²) < 4.78 is 2.09. The van der Waals surface area contributed by atoms with Crippen LogP contribution in [-0.4, -0.2) is 4.57 Å². The molecule has 1 heterocycles. The van der Waals surface area contributed by atoms with Crippen LogP contribution in [0.1, 0.15) is 52.3 Å². The van der Waals surface area contributed by atoms with E-state index in [9.17, 15) is 0 Å². The summed E-state index contributed by atoms with van der Waals surface area (Å²) in [6.07, 6.45) is 8.98. The maximum Gasteiger partial charge on any atom is 0.0480 e. The zero-order valence-electron chi connectivity index (χ0n) is 13.0. The van der Waals surface area contributed by atoms with E-state index in [1.54, 1.807) is 0 Å². The van der Waals surface area contributed by atoms with Crippen molar-refractivity contribution in [3.05, 3.63) is 48.3 Å². The Balaban J connectivity index is 0. The van der Waals surface area contributed by atoms with E-state index >= 15 is 0 Å². The van der Waals surface area contributed by atoms with Crippen molar-refractivity contribution < 1.29 is 0 Å². The molecule has 18 heavy (non-hydrogen) atoms. The zero-order valence-corrected chi connectivity index (χ0v) is 13.0. The van der Waals surface area contributed by atoms with Crippen molar-refractivity contribution >= 4 is 12.2 Å². The number of hydrogen-bond donors (Lipinski definition) is 0. The molecule has 1 nitrogen and oxygen atoms in total. The summed E-state index contributed by atoms with van der Waals surface area (Å²) in [4.78, 5) is 0. The lowest BCUT2D eigenvalue weighted by molar-refractivity contribution is 0.912. The summed E-state index contributed by atoms with van der Waals surface area (Å²) in [6.45, 7) is 17.7. The summed E-state index contributed by atoms with van der Waals surface area (Å²) in [6, 6.07) is 2.06. The van der Waals surface area contributed by atoms with Gasteiger partial charge in [-0.1, -0.05) is 59.9 Å². The minimum atomic E-state index is 1.01. The van der Waals surface area contributed by atoms with Crippen LogP contribution in [0.4, 0.5) is 0 Å². The molecule has 0 saturated carbocycles. The predicted octanol–water partition coefficient (Wildman–Crippen LogP) is 5.70. The second-order valence-corrected chi connectivity index (χ2v) is 3.25. The fourth-order valence-electron chi connectivity index (χ4n) is 1.40. The minimum absolute atomic E-state index is 1.01. The second kappa shape index (κ2) is 12.0. The molecule has 0 amide bonds. The maximum absolute atomic E-state index is 3.80. The van der Waals surface area contributed by atoms with Gasteiger partial charge in [0.1, 0.15) is 0 Å². The van der Waals surface area contributed by atoms with Gasteiger partial charge in [-0.05, 0) is 29.7 Å². The average molecular weight is 247 g/mol. The summed E-state index contributed by atoms with van der Waals surface area (Å²) in [5.74, 6) is 0. The molecular weight excluding hydrogens is 218 g/mol.